The van der Waals surface area contributed by atoms with E-state index in [1.165, 1.54) is 6.07 Å². The largest absolute Gasteiger partial charge is 0.479 e. The lowest BCUT2D eigenvalue weighted by atomic mass is 9.98. The topological polar surface area (TPSA) is 75.6 Å². The lowest BCUT2D eigenvalue weighted by Crippen LogP contribution is -2.36. The van der Waals surface area contributed by atoms with Gasteiger partial charge in [0.05, 0.1) is 5.56 Å². The van der Waals surface area contributed by atoms with Crippen molar-refractivity contribution in [3.05, 3.63) is 95.1 Å². The molecule has 8 heteroatoms. The highest BCUT2D eigenvalue weighted by Crippen LogP contribution is 2.44. The third-order valence-corrected chi connectivity index (χ3v) is 5.43. The number of carbonyl (C=O) groups excluding carboxylic acids is 1. The van der Waals surface area contributed by atoms with Crippen molar-refractivity contribution in [2.45, 2.75) is 18.1 Å². The lowest BCUT2D eigenvalue weighted by Gasteiger charge is -2.20. The quantitative estimate of drug-likeness (QED) is 0.558. The number of fused-ring (bicyclic) bond motifs is 3. The molecule has 1 atom stereocenters. The summed E-state index contributed by atoms with van der Waals surface area (Å²) in [5, 5.41) is 11.5. The Labute approximate surface area is 181 Å². The Morgan fingerprint density at radius 3 is 2.00 bits per heavy atom. The molecular formula is C24H18F3NO4. The van der Waals surface area contributed by atoms with Gasteiger partial charge in [0.1, 0.15) is 6.61 Å². The molecule has 0 saturated heterocycles. The van der Waals surface area contributed by atoms with Crippen molar-refractivity contribution < 1.29 is 32.6 Å². The first-order chi connectivity index (χ1) is 15.3. The number of halogens is 3. The predicted molar refractivity (Wildman–Crippen MR) is 110 cm³/mol. The molecule has 0 radical (unpaired) electrons. The van der Waals surface area contributed by atoms with E-state index in [9.17, 15) is 27.9 Å². The van der Waals surface area contributed by atoms with E-state index in [1.807, 2.05) is 48.5 Å². The number of carboxylic acids is 1. The van der Waals surface area contributed by atoms with E-state index in [1.54, 1.807) is 0 Å². The van der Waals surface area contributed by atoms with Crippen LogP contribution in [0.1, 0.15) is 34.2 Å². The maximum atomic E-state index is 13.3. The van der Waals surface area contributed by atoms with E-state index in [0.29, 0.717) is 0 Å². The number of hydrogen-bond acceptors (Lipinski definition) is 3. The predicted octanol–water partition coefficient (Wildman–Crippen LogP) is 5.37. The fraction of sp³-hybridized carbons (Fsp3) is 0.167. The van der Waals surface area contributed by atoms with Gasteiger partial charge in [-0.05, 0) is 33.9 Å². The Hall–Kier alpha value is -3.81. The average molecular weight is 441 g/mol. The first-order valence-corrected chi connectivity index (χ1v) is 9.78. The molecule has 1 aliphatic carbocycles. The Morgan fingerprint density at radius 2 is 1.44 bits per heavy atom. The monoisotopic (exact) mass is 441 g/mol. The number of carboxylic acid groups (broad SMARTS) is 1. The molecule has 32 heavy (non-hydrogen) atoms. The third kappa shape index (κ3) is 4.03. The smallest absolute Gasteiger partial charge is 0.416 e. The van der Waals surface area contributed by atoms with Crippen LogP contribution in [0.4, 0.5) is 18.0 Å². The summed E-state index contributed by atoms with van der Waals surface area (Å²) >= 11 is 0. The SMILES string of the molecule is O=C(NC(C(=O)O)c1ccccc1C(F)(F)F)OCC1c2ccccc2-c2ccccc21. The molecule has 0 fully saturated rings. The zero-order chi connectivity index (χ0) is 22.9. The van der Waals surface area contributed by atoms with Crippen molar-refractivity contribution >= 4 is 12.1 Å². The molecule has 0 aromatic heterocycles. The van der Waals surface area contributed by atoms with E-state index in [4.69, 9.17) is 4.74 Å². The van der Waals surface area contributed by atoms with Gasteiger partial charge in [-0.3, -0.25) is 0 Å². The Kier molecular flexibility index (Phi) is 5.61. The van der Waals surface area contributed by atoms with Gasteiger partial charge in [-0.1, -0.05) is 66.7 Å². The second kappa shape index (κ2) is 8.37. The zero-order valence-electron chi connectivity index (χ0n) is 16.6. The Bertz CT molecular complexity index is 1130. The van der Waals surface area contributed by atoms with Crippen LogP contribution in [0.25, 0.3) is 11.1 Å². The van der Waals surface area contributed by atoms with Crippen LogP contribution in [0.5, 0.6) is 0 Å². The van der Waals surface area contributed by atoms with Crippen molar-refractivity contribution in [2.75, 3.05) is 6.61 Å². The van der Waals surface area contributed by atoms with E-state index in [2.05, 4.69) is 5.32 Å². The fourth-order valence-corrected chi connectivity index (χ4v) is 4.04. The fourth-order valence-electron chi connectivity index (χ4n) is 4.04. The van der Waals surface area contributed by atoms with Crippen molar-refractivity contribution in [1.82, 2.24) is 5.32 Å². The van der Waals surface area contributed by atoms with Gasteiger partial charge in [0.2, 0.25) is 0 Å². The molecule has 0 bridgehead atoms. The summed E-state index contributed by atoms with van der Waals surface area (Å²) in [5.41, 5.74) is 2.24. The Morgan fingerprint density at radius 1 is 0.906 bits per heavy atom. The Balaban J connectivity index is 1.52. The number of amides is 1. The summed E-state index contributed by atoms with van der Waals surface area (Å²) in [4.78, 5) is 24.1. The van der Waals surface area contributed by atoms with Crippen LogP contribution in [0.2, 0.25) is 0 Å². The van der Waals surface area contributed by atoms with Gasteiger partial charge < -0.3 is 15.2 Å². The first kappa shape index (κ1) is 21.4. The molecule has 4 rings (SSSR count). The molecule has 2 N–H and O–H groups in total. The van der Waals surface area contributed by atoms with Crippen LogP contribution in [-0.4, -0.2) is 23.8 Å². The number of hydrogen-bond donors (Lipinski definition) is 2. The van der Waals surface area contributed by atoms with E-state index >= 15 is 0 Å². The van der Waals surface area contributed by atoms with Gasteiger partial charge in [-0.2, -0.15) is 13.2 Å². The highest BCUT2D eigenvalue weighted by Gasteiger charge is 2.37. The van der Waals surface area contributed by atoms with E-state index in [0.717, 1.165) is 40.5 Å². The summed E-state index contributed by atoms with van der Waals surface area (Å²) in [7, 11) is 0. The van der Waals surface area contributed by atoms with Gasteiger partial charge in [0.15, 0.2) is 6.04 Å². The van der Waals surface area contributed by atoms with Gasteiger partial charge in [0.25, 0.3) is 0 Å². The third-order valence-electron chi connectivity index (χ3n) is 5.43. The molecule has 1 aliphatic rings. The standard InChI is InChI=1S/C24H18F3NO4/c25-24(26,27)20-12-6-5-11-18(20)21(22(29)30)28-23(31)32-13-19-16-9-3-1-7-14(16)15-8-2-4-10-17(15)19/h1-12,19,21H,13H2,(H,28,31)(H,29,30). The van der Waals surface area contributed by atoms with Crippen molar-refractivity contribution in [2.24, 2.45) is 0 Å². The lowest BCUT2D eigenvalue weighted by molar-refractivity contribution is -0.142. The maximum Gasteiger partial charge on any atom is 0.416 e. The van der Waals surface area contributed by atoms with E-state index < -0.39 is 35.4 Å². The van der Waals surface area contributed by atoms with Crippen LogP contribution < -0.4 is 5.32 Å². The van der Waals surface area contributed by atoms with Gasteiger partial charge in [0, 0.05) is 5.92 Å². The van der Waals surface area contributed by atoms with Gasteiger partial charge in [-0.15, -0.1) is 0 Å². The van der Waals surface area contributed by atoms with Crippen LogP contribution in [0.3, 0.4) is 0 Å². The summed E-state index contributed by atoms with van der Waals surface area (Å²) in [6.45, 7) is -0.0902. The molecule has 5 nitrogen and oxygen atoms in total. The van der Waals surface area contributed by atoms with E-state index in [-0.39, 0.29) is 12.5 Å². The molecule has 164 valence electrons. The molecule has 3 aromatic carbocycles. The van der Waals surface area contributed by atoms with Crippen LogP contribution in [-0.2, 0) is 15.7 Å². The first-order valence-electron chi connectivity index (χ1n) is 9.78. The molecule has 0 aliphatic heterocycles. The number of alkyl halides is 3. The molecule has 0 heterocycles. The van der Waals surface area contributed by atoms with Gasteiger partial charge in [-0.25, -0.2) is 9.59 Å². The van der Waals surface area contributed by atoms with Crippen molar-refractivity contribution in [3.8, 4) is 11.1 Å². The zero-order valence-corrected chi connectivity index (χ0v) is 16.6. The minimum atomic E-state index is -4.77. The number of rotatable bonds is 5. The molecule has 3 aromatic rings. The van der Waals surface area contributed by atoms with Crippen LogP contribution >= 0.6 is 0 Å². The molecule has 1 unspecified atom stereocenters. The molecule has 0 spiro atoms. The number of benzene rings is 3. The van der Waals surface area contributed by atoms with Crippen molar-refractivity contribution in [3.63, 3.8) is 0 Å². The molecule has 0 saturated carbocycles. The number of carbonyl (C=O) groups is 2. The second-order valence-electron chi connectivity index (χ2n) is 7.33. The molecule has 1 amide bonds. The normalized spacial score (nSPS) is 13.7. The minimum Gasteiger partial charge on any atom is -0.479 e. The van der Waals surface area contributed by atoms with Gasteiger partial charge >= 0.3 is 18.2 Å². The number of nitrogens with one attached hydrogen (secondary N) is 1. The van der Waals surface area contributed by atoms with Crippen LogP contribution in [0.15, 0.2) is 72.8 Å². The average Bonchev–Trinajstić information content (AvgIpc) is 3.09. The number of aliphatic carboxylic acids is 1. The summed E-state index contributed by atoms with van der Waals surface area (Å²) in [6.07, 6.45) is -5.89. The second-order valence-corrected chi connectivity index (χ2v) is 7.33. The summed E-state index contributed by atoms with van der Waals surface area (Å²) in [6, 6.07) is 17.6. The molecular weight excluding hydrogens is 423 g/mol. The number of alkyl carbamates (subject to hydrolysis) is 1. The van der Waals surface area contributed by atoms with Crippen LogP contribution in [0, 0.1) is 0 Å². The summed E-state index contributed by atoms with van der Waals surface area (Å²) < 4.78 is 45.2. The van der Waals surface area contributed by atoms with Crippen molar-refractivity contribution in [1.29, 1.82) is 0 Å². The minimum absolute atomic E-state index is 0.0902. The number of ether oxygens (including phenoxy) is 1. The maximum absolute atomic E-state index is 13.3. The highest BCUT2D eigenvalue weighted by atomic mass is 19.4. The summed E-state index contributed by atoms with van der Waals surface area (Å²) in [5.74, 6) is -1.89. The highest BCUT2D eigenvalue weighted by molar-refractivity contribution is 5.82.